The van der Waals surface area contributed by atoms with Gasteiger partial charge >= 0.3 is 0 Å². The summed E-state index contributed by atoms with van der Waals surface area (Å²) in [6.45, 7) is 58.1. The highest BCUT2D eigenvalue weighted by Gasteiger charge is 2.46. The molecule has 2 aliphatic heterocycles. The van der Waals surface area contributed by atoms with E-state index in [0.29, 0.717) is 0 Å². The summed E-state index contributed by atoms with van der Waals surface area (Å²) in [5.41, 5.74) is 26.9. The molecular weight excluding hydrogens is 938 g/mol. The first-order valence-electron chi connectivity index (χ1n) is 29.5. The van der Waals surface area contributed by atoms with Crippen molar-refractivity contribution in [1.29, 1.82) is 0 Å². The Balaban J connectivity index is 1.43. The van der Waals surface area contributed by atoms with E-state index in [2.05, 4.69) is 284 Å². The van der Waals surface area contributed by atoms with Crippen molar-refractivity contribution in [3.05, 3.63) is 154 Å². The Morgan fingerprint density at radius 3 is 0.808 bits per heavy atom. The van der Waals surface area contributed by atoms with Gasteiger partial charge in [0.1, 0.15) is 0 Å². The first kappa shape index (κ1) is 54.2. The van der Waals surface area contributed by atoms with Crippen LogP contribution in [0.15, 0.2) is 109 Å². The molecular formula is C74H90B2N2. The molecule has 0 saturated carbocycles. The summed E-state index contributed by atoms with van der Waals surface area (Å²) < 4.78 is 5.43. The standard InChI is InChI=1S/C74H90B2N2/c1-67(2,3)43-33-49-47-29-25-27-31-59(47)77-61-42-56-62(41-55(61)75(57(39-43)65(49)77)63-51(71(13,14)15)35-45(69(7,8)9)36-52(63)72(16,17)18)78-60-32-28-26-30-48(60)50-34-44(68(4,5)6)40-58(66(50)78)76(56)64-53(73(19,20)21)37-46(70(10,11)12)38-54(64)74(22,23)24/h25-42H,1-24H3. The quantitative estimate of drug-likeness (QED) is 0.153. The number of fused-ring (bicyclic) bond motifs is 10. The molecule has 402 valence electrons. The molecule has 0 saturated heterocycles. The smallest absolute Gasteiger partial charge is 0.247 e. The second-order valence-corrected chi connectivity index (χ2v) is 32.4. The molecule has 2 nitrogen and oxygen atoms in total. The minimum Gasteiger partial charge on any atom is -0.310 e. The van der Waals surface area contributed by atoms with Crippen LogP contribution in [-0.4, -0.2) is 22.6 Å². The predicted octanol–water partition coefficient (Wildman–Crippen LogP) is 15.9. The number of nitrogens with zero attached hydrogens (tertiary/aromatic N) is 2. The van der Waals surface area contributed by atoms with Crippen molar-refractivity contribution < 1.29 is 0 Å². The Morgan fingerprint density at radius 1 is 0.269 bits per heavy atom. The average Bonchev–Trinajstić information content (AvgIpc) is 3.93. The number of hydrogen-bond acceptors (Lipinski definition) is 0. The lowest BCUT2D eigenvalue weighted by molar-refractivity contribution is 0.552. The Labute approximate surface area is 471 Å². The largest absolute Gasteiger partial charge is 0.310 e. The maximum atomic E-state index is 2.73. The zero-order valence-electron chi connectivity index (χ0n) is 52.4. The number of para-hydroxylation sites is 2. The van der Waals surface area contributed by atoms with Gasteiger partial charge in [0.25, 0.3) is 0 Å². The summed E-state index contributed by atoms with van der Waals surface area (Å²) in [5, 5.41) is 5.33. The van der Waals surface area contributed by atoms with Gasteiger partial charge in [-0.15, -0.1) is 0 Å². The fourth-order valence-corrected chi connectivity index (χ4v) is 13.8. The van der Waals surface area contributed by atoms with Crippen LogP contribution in [0.5, 0.6) is 0 Å². The molecule has 0 atom stereocenters. The first-order chi connectivity index (χ1) is 35.8. The van der Waals surface area contributed by atoms with Gasteiger partial charge in [-0.2, -0.15) is 0 Å². The van der Waals surface area contributed by atoms with Crippen LogP contribution in [0.4, 0.5) is 0 Å². The van der Waals surface area contributed by atoms with E-state index in [1.165, 1.54) is 132 Å². The van der Waals surface area contributed by atoms with Crippen LogP contribution < -0.4 is 32.8 Å². The molecule has 0 N–H and O–H groups in total. The van der Waals surface area contributed by atoms with Gasteiger partial charge in [0.15, 0.2) is 0 Å². The molecule has 0 fully saturated rings. The van der Waals surface area contributed by atoms with Crippen molar-refractivity contribution in [3.63, 3.8) is 0 Å². The van der Waals surface area contributed by atoms with Crippen molar-refractivity contribution in [2.75, 3.05) is 0 Å². The molecule has 9 aromatic rings. The Kier molecular flexibility index (Phi) is 11.8. The van der Waals surface area contributed by atoms with Gasteiger partial charge in [-0.25, -0.2) is 0 Å². The molecule has 0 radical (unpaired) electrons. The molecule has 0 bridgehead atoms. The van der Waals surface area contributed by atoms with E-state index in [1.54, 1.807) is 0 Å². The fraction of sp³-hybridized carbons (Fsp3) is 0.432. The summed E-state index contributed by atoms with van der Waals surface area (Å²) in [7, 11) is 0. The highest BCUT2D eigenvalue weighted by atomic mass is 15.0. The monoisotopic (exact) mass is 1030 g/mol. The minimum absolute atomic E-state index is 0.0348. The summed E-state index contributed by atoms with van der Waals surface area (Å²) >= 11 is 0. The maximum absolute atomic E-state index is 2.73. The lowest BCUT2D eigenvalue weighted by atomic mass is 9.30. The molecule has 4 heterocycles. The normalized spacial score (nSPS) is 14.6. The van der Waals surface area contributed by atoms with E-state index in [0.717, 1.165) is 0 Å². The number of aromatic nitrogens is 2. The highest BCUT2D eigenvalue weighted by molar-refractivity contribution is 7.00. The summed E-state index contributed by atoms with van der Waals surface area (Å²) in [6.07, 6.45) is 0. The summed E-state index contributed by atoms with van der Waals surface area (Å²) in [6, 6.07) is 44.9. The molecule has 2 aromatic heterocycles. The molecule has 0 amide bonds. The number of benzene rings is 7. The molecule has 11 rings (SSSR count). The van der Waals surface area contributed by atoms with E-state index < -0.39 is 0 Å². The fourth-order valence-electron chi connectivity index (χ4n) is 13.8. The van der Waals surface area contributed by atoms with Gasteiger partial charge in [0.05, 0.1) is 11.0 Å². The molecule has 0 aliphatic carbocycles. The first-order valence-corrected chi connectivity index (χ1v) is 29.5. The molecule has 78 heavy (non-hydrogen) atoms. The molecule has 7 aromatic carbocycles. The third-order valence-electron chi connectivity index (χ3n) is 18.1. The van der Waals surface area contributed by atoms with Crippen molar-refractivity contribution in [2.45, 2.75) is 209 Å². The zero-order chi connectivity index (χ0) is 56.9. The van der Waals surface area contributed by atoms with Crippen LogP contribution in [0.2, 0.25) is 0 Å². The van der Waals surface area contributed by atoms with Crippen molar-refractivity contribution >= 4 is 89.8 Å². The van der Waals surface area contributed by atoms with Crippen LogP contribution in [0.25, 0.3) is 55.0 Å². The van der Waals surface area contributed by atoms with E-state index in [4.69, 9.17) is 0 Å². The summed E-state index contributed by atoms with van der Waals surface area (Å²) in [5.74, 6) is 0. The lowest BCUT2D eigenvalue weighted by Gasteiger charge is -2.40. The number of rotatable bonds is 2. The summed E-state index contributed by atoms with van der Waals surface area (Å²) in [4.78, 5) is 0. The third kappa shape index (κ3) is 8.41. The SMILES string of the molecule is CC(C)(C)c1cc(C(C)(C)C)c(B2c3cc4c(cc3-n3c5ccccc5c5cc(C(C)(C)C)cc2c53)B(c2c(C(C)(C)C)cc(C(C)(C)C)cc2C(C)(C)C)c2cc(C(C)(C)C)cc3c5ccccc5n-4c23)c(C(C)(C)C)c1. The third-order valence-corrected chi connectivity index (χ3v) is 18.1. The second-order valence-electron chi connectivity index (χ2n) is 32.4. The van der Waals surface area contributed by atoms with Crippen LogP contribution in [0.1, 0.15) is 211 Å². The van der Waals surface area contributed by atoms with Gasteiger partial charge in [0.2, 0.25) is 13.4 Å². The van der Waals surface area contributed by atoms with Crippen molar-refractivity contribution in [3.8, 4) is 11.4 Å². The van der Waals surface area contributed by atoms with Crippen LogP contribution >= 0.6 is 0 Å². The lowest BCUT2D eigenvalue weighted by Crippen LogP contribution is -2.63. The highest BCUT2D eigenvalue weighted by Crippen LogP contribution is 2.43. The predicted molar refractivity (Wildman–Crippen MR) is 347 cm³/mol. The second kappa shape index (κ2) is 16.9. The zero-order valence-corrected chi connectivity index (χ0v) is 52.4. The van der Waals surface area contributed by atoms with E-state index >= 15 is 0 Å². The van der Waals surface area contributed by atoms with Gasteiger partial charge in [-0.1, -0.05) is 250 Å². The Morgan fingerprint density at radius 2 is 0.538 bits per heavy atom. The molecule has 0 unspecified atom stereocenters. The van der Waals surface area contributed by atoms with Crippen LogP contribution in [0, 0.1) is 0 Å². The van der Waals surface area contributed by atoms with E-state index in [9.17, 15) is 0 Å². The van der Waals surface area contributed by atoms with Crippen molar-refractivity contribution in [2.24, 2.45) is 0 Å². The van der Waals surface area contributed by atoms with Gasteiger partial charge in [0, 0.05) is 44.0 Å². The van der Waals surface area contributed by atoms with Crippen LogP contribution in [-0.2, 0) is 43.3 Å². The molecule has 4 heteroatoms. The van der Waals surface area contributed by atoms with E-state index in [-0.39, 0.29) is 56.7 Å². The van der Waals surface area contributed by atoms with Gasteiger partial charge < -0.3 is 9.13 Å². The van der Waals surface area contributed by atoms with E-state index in [1.807, 2.05) is 0 Å². The number of hydrogen-bond donors (Lipinski definition) is 0. The minimum atomic E-state index is -0.153. The van der Waals surface area contributed by atoms with Crippen LogP contribution in [0.3, 0.4) is 0 Å². The van der Waals surface area contributed by atoms with Gasteiger partial charge in [-0.05, 0) is 146 Å². The average molecular weight is 1030 g/mol. The Bertz CT molecular complexity index is 3650. The topological polar surface area (TPSA) is 9.86 Å². The molecule has 0 spiro atoms. The van der Waals surface area contributed by atoms with Crippen molar-refractivity contribution in [1.82, 2.24) is 9.13 Å². The Hall–Kier alpha value is -5.73. The molecule has 2 aliphatic rings. The maximum Gasteiger partial charge on any atom is 0.247 e. The van der Waals surface area contributed by atoms with Gasteiger partial charge in [-0.3, -0.25) is 0 Å².